The Labute approximate surface area is 165 Å². The van der Waals surface area contributed by atoms with Crippen molar-refractivity contribution in [2.45, 2.75) is 5.60 Å². The Morgan fingerprint density at radius 2 is 1.00 bits per heavy atom. The lowest BCUT2D eigenvalue weighted by Gasteiger charge is -2.29. The maximum atomic E-state index is 12.3. The van der Waals surface area contributed by atoms with E-state index in [9.17, 15) is 5.11 Å². The summed E-state index contributed by atoms with van der Waals surface area (Å²) in [5, 5.41) is 12.3. The maximum Gasteiger partial charge on any atom is 0.142 e. The van der Waals surface area contributed by atoms with Crippen LogP contribution in [0.4, 0.5) is 0 Å². The second-order valence-corrected chi connectivity index (χ2v) is 7.10. The Kier molecular flexibility index (Phi) is 3.96. The molecule has 1 aliphatic rings. The molecule has 4 aromatic carbocycles. The van der Waals surface area contributed by atoms with Crippen LogP contribution in [0.5, 0.6) is 0 Å². The SMILES string of the molecule is O[C@]1(c2ccccc2)C(c2ccccc2)=C(c2ccccc2)c2ccccc21. The topological polar surface area (TPSA) is 20.2 Å². The molecule has 0 saturated heterocycles. The number of aliphatic hydroxyl groups is 1. The minimum Gasteiger partial charge on any atom is -0.376 e. The Morgan fingerprint density at radius 1 is 0.500 bits per heavy atom. The highest BCUT2D eigenvalue weighted by atomic mass is 16.3. The molecular weight excluding hydrogens is 340 g/mol. The van der Waals surface area contributed by atoms with E-state index in [0.717, 1.165) is 39.0 Å². The van der Waals surface area contributed by atoms with Gasteiger partial charge in [0.2, 0.25) is 0 Å². The Balaban J connectivity index is 1.92. The lowest BCUT2D eigenvalue weighted by Crippen LogP contribution is -2.27. The molecule has 0 aromatic heterocycles. The first-order valence-electron chi connectivity index (χ1n) is 9.53. The molecule has 0 unspecified atom stereocenters. The van der Waals surface area contributed by atoms with E-state index >= 15 is 0 Å². The minimum atomic E-state index is -1.20. The Hall–Kier alpha value is -3.42. The molecule has 28 heavy (non-hydrogen) atoms. The molecular formula is C27H20O. The molecule has 4 aromatic rings. The first-order valence-corrected chi connectivity index (χ1v) is 9.53. The van der Waals surface area contributed by atoms with Crippen molar-refractivity contribution in [3.05, 3.63) is 143 Å². The molecule has 1 heteroatoms. The van der Waals surface area contributed by atoms with Gasteiger partial charge in [-0.2, -0.15) is 0 Å². The highest BCUT2D eigenvalue weighted by Gasteiger charge is 2.45. The third-order valence-electron chi connectivity index (χ3n) is 5.51. The molecule has 0 amide bonds. The van der Waals surface area contributed by atoms with E-state index in [1.807, 2.05) is 84.9 Å². The number of hydrogen-bond donors (Lipinski definition) is 1. The summed E-state index contributed by atoms with van der Waals surface area (Å²) < 4.78 is 0. The monoisotopic (exact) mass is 360 g/mol. The standard InChI is InChI=1S/C27H20O/c28-27(22-16-8-3-9-17-22)24-19-11-10-18-23(24)25(20-12-4-1-5-13-20)26(27)21-14-6-2-7-15-21/h1-19,28H/t27-/m0/s1. The van der Waals surface area contributed by atoms with Crippen LogP contribution in [0.3, 0.4) is 0 Å². The van der Waals surface area contributed by atoms with Crippen molar-refractivity contribution in [2.24, 2.45) is 0 Å². The average Bonchev–Trinajstić information content (AvgIpc) is 3.06. The van der Waals surface area contributed by atoms with Crippen molar-refractivity contribution in [1.29, 1.82) is 0 Å². The van der Waals surface area contributed by atoms with E-state index in [1.54, 1.807) is 0 Å². The van der Waals surface area contributed by atoms with E-state index in [1.165, 1.54) is 0 Å². The first kappa shape index (κ1) is 16.7. The van der Waals surface area contributed by atoms with Crippen molar-refractivity contribution in [2.75, 3.05) is 0 Å². The summed E-state index contributed by atoms with van der Waals surface area (Å²) in [5.74, 6) is 0. The van der Waals surface area contributed by atoms with Gasteiger partial charge < -0.3 is 5.11 Å². The number of fused-ring (bicyclic) bond motifs is 1. The van der Waals surface area contributed by atoms with Crippen LogP contribution in [0.2, 0.25) is 0 Å². The van der Waals surface area contributed by atoms with Crippen molar-refractivity contribution in [3.63, 3.8) is 0 Å². The molecule has 0 radical (unpaired) electrons. The molecule has 5 rings (SSSR count). The summed E-state index contributed by atoms with van der Waals surface area (Å²) in [4.78, 5) is 0. The number of benzene rings is 4. The molecule has 0 saturated carbocycles. The van der Waals surface area contributed by atoms with Crippen LogP contribution in [0.25, 0.3) is 11.1 Å². The Bertz CT molecular complexity index is 1140. The van der Waals surface area contributed by atoms with Gasteiger partial charge in [-0.25, -0.2) is 0 Å². The van der Waals surface area contributed by atoms with Crippen LogP contribution in [0, 0.1) is 0 Å². The zero-order chi connectivity index (χ0) is 19.0. The third-order valence-corrected chi connectivity index (χ3v) is 5.51. The molecule has 0 aliphatic heterocycles. The van der Waals surface area contributed by atoms with E-state index in [2.05, 4.69) is 30.3 Å². The van der Waals surface area contributed by atoms with Crippen molar-refractivity contribution in [3.8, 4) is 0 Å². The minimum absolute atomic E-state index is 0.882. The smallest absolute Gasteiger partial charge is 0.142 e. The van der Waals surface area contributed by atoms with Gasteiger partial charge in [0.1, 0.15) is 5.60 Å². The van der Waals surface area contributed by atoms with Crippen LogP contribution >= 0.6 is 0 Å². The van der Waals surface area contributed by atoms with E-state index in [-0.39, 0.29) is 0 Å². The summed E-state index contributed by atoms with van der Waals surface area (Å²) in [6, 6.07) is 38.8. The molecule has 1 aliphatic carbocycles. The van der Waals surface area contributed by atoms with Gasteiger partial charge in [0.15, 0.2) is 0 Å². The van der Waals surface area contributed by atoms with Gasteiger partial charge in [-0.05, 0) is 27.8 Å². The van der Waals surface area contributed by atoms with Gasteiger partial charge in [0.05, 0.1) is 0 Å². The number of rotatable bonds is 3. The lowest BCUT2D eigenvalue weighted by molar-refractivity contribution is 0.148. The van der Waals surface area contributed by atoms with Gasteiger partial charge in [0, 0.05) is 11.1 Å². The molecule has 0 fully saturated rings. The van der Waals surface area contributed by atoms with Crippen molar-refractivity contribution in [1.82, 2.24) is 0 Å². The second-order valence-electron chi connectivity index (χ2n) is 7.10. The predicted molar refractivity (Wildman–Crippen MR) is 115 cm³/mol. The summed E-state index contributed by atoms with van der Waals surface area (Å²) in [7, 11) is 0. The zero-order valence-electron chi connectivity index (χ0n) is 15.4. The average molecular weight is 360 g/mol. The van der Waals surface area contributed by atoms with Crippen LogP contribution in [-0.2, 0) is 5.60 Å². The van der Waals surface area contributed by atoms with Crippen LogP contribution < -0.4 is 0 Å². The van der Waals surface area contributed by atoms with Gasteiger partial charge in [0.25, 0.3) is 0 Å². The molecule has 0 heterocycles. The number of hydrogen-bond acceptors (Lipinski definition) is 1. The van der Waals surface area contributed by atoms with Gasteiger partial charge in [-0.1, -0.05) is 115 Å². The van der Waals surface area contributed by atoms with E-state index in [4.69, 9.17) is 0 Å². The zero-order valence-corrected chi connectivity index (χ0v) is 15.4. The van der Waals surface area contributed by atoms with Gasteiger partial charge in [-0.15, -0.1) is 0 Å². The van der Waals surface area contributed by atoms with Gasteiger partial charge >= 0.3 is 0 Å². The van der Waals surface area contributed by atoms with E-state index < -0.39 is 5.60 Å². The molecule has 0 spiro atoms. The largest absolute Gasteiger partial charge is 0.376 e. The van der Waals surface area contributed by atoms with Crippen LogP contribution in [0.15, 0.2) is 115 Å². The fourth-order valence-corrected chi connectivity index (χ4v) is 4.31. The maximum absolute atomic E-state index is 12.3. The van der Waals surface area contributed by atoms with Crippen molar-refractivity contribution < 1.29 is 5.11 Å². The van der Waals surface area contributed by atoms with Crippen LogP contribution in [-0.4, -0.2) is 5.11 Å². The fourth-order valence-electron chi connectivity index (χ4n) is 4.31. The normalized spacial score (nSPS) is 18.2. The molecule has 0 bridgehead atoms. The van der Waals surface area contributed by atoms with Crippen molar-refractivity contribution >= 4 is 11.1 Å². The van der Waals surface area contributed by atoms with Gasteiger partial charge in [-0.3, -0.25) is 0 Å². The first-order chi connectivity index (χ1) is 13.8. The fraction of sp³-hybridized carbons (Fsp3) is 0.0370. The summed E-state index contributed by atoms with van der Waals surface area (Å²) in [6.07, 6.45) is 0. The summed E-state index contributed by atoms with van der Waals surface area (Å²) in [5.41, 5.74) is 5.86. The Morgan fingerprint density at radius 3 is 1.64 bits per heavy atom. The molecule has 1 N–H and O–H groups in total. The third kappa shape index (κ3) is 2.45. The molecule has 1 nitrogen and oxygen atoms in total. The summed E-state index contributed by atoms with van der Waals surface area (Å²) >= 11 is 0. The predicted octanol–water partition coefficient (Wildman–Crippen LogP) is 5.90. The molecule has 134 valence electrons. The van der Waals surface area contributed by atoms with E-state index in [0.29, 0.717) is 0 Å². The highest BCUT2D eigenvalue weighted by molar-refractivity contribution is 6.08. The highest BCUT2D eigenvalue weighted by Crippen LogP contribution is 2.54. The lowest BCUT2D eigenvalue weighted by atomic mass is 9.80. The molecule has 1 atom stereocenters. The summed E-state index contributed by atoms with van der Waals surface area (Å²) in [6.45, 7) is 0. The quantitative estimate of drug-likeness (QED) is 0.482. The second kappa shape index (κ2) is 6.63. The van der Waals surface area contributed by atoms with Crippen LogP contribution in [0.1, 0.15) is 27.8 Å².